The predicted octanol–water partition coefficient (Wildman–Crippen LogP) is 4.96. The number of carbonyl (C=O) groups excluding carboxylic acids is 1. The molecule has 4 rings (SSSR count). The molecule has 1 fully saturated rings. The highest BCUT2D eigenvalue weighted by Gasteiger charge is 2.28. The van der Waals surface area contributed by atoms with Crippen LogP contribution >= 0.6 is 11.6 Å². The highest BCUT2D eigenvalue weighted by Crippen LogP contribution is 2.24. The fraction of sp³-hybridized carbons (Fsp3) is 0.379. The number of hydrogen-bond donors (Lipinski definition) is 1. The topological polar surface area (TPSA) is 61.6 Å². The second-order valence-corrected chi connectivity index (χ2v) is 9.51. The summed E-state index contributed by atoms with van der Waals surface area (Å²) >= 11 is 6.00. The number of hydrogen-bond acceptors (Lipinski definition) is 4. The number of nitrogens with zero attached hydrogens (tertiary/aromatic N) is 4. The minimum absolute atomic E-state index is 0.0691. The molecule has 1 saturated heterocycles. The number of aromatic nitrogens is 2. The molecule has 7 heteroatoms. The zero-order valence-electron chi connectivity index (χ0n) is 21.2. The van der Waals surface area contributed by atoms with Crippen LogP contribution in [0.25, 0.3) is 17.8 Å². The molecule has 0 radical (unpaired) electrons. The van der Waals surface area contributed by atoms with Crippen LogP contribution in [0.15, 0.2) is 48.5 Å². The third kappa shape index (κ3) is 6.06. The Kier molecular flexibility index (Phi) is 8.97. The molecule has 2 heterocycles. The van der Waals surface area contributed by atoms with Gasteiger partial charge in [0.25, 0.3) is 5.91 Å². The van der Waals surface area contributed by atoms with E-state index in [4.69, 9.17) is 16.7 Å². The van der Waals surface area contributed by atoms with Crippen molar-refractivity contribution in [1.82, 2.24) is 19.6 Å². The van der Waals surface area contributed by atoms with E-state index in [9.17, 15) is 9.90 Å². The fourth-order valence-electron chi connectivity index (χ4n) is 4.76. The molecule has 1 N–H and O–H groups in total. The van der Waals surface area contributed by atoms with Crippen LogP contribution < -0.4 is 0 Å². The lowest BCUT2D eigenvalue weighted by atomic mass is 10.1. The van der Waals surface area contributed by atoms with E-state index in [1.165, 1.54) is 0 Å². The molecule has 0 bridgehead atoms. The lowest BCUT2D eigenvalue weighted by molar-refractivity contribution is 0.0758. The van der Waals surface area contributed by atoms with E-state index >= 15 is 0 Å². The highest BCUT2D eigenvalue weighted by atomic mass is 35.5. The zero-order valence-corrected chi connectivity index (χ0v) is 21.9. The molecule has 0 saturated carbocycles. The smallest absolute Gasteiger partial charge is 0.257 e. The minimum Gasteiger partial charge on any atom is -0.395 e. The van der Waals surface area contributed by atoms with E-state index in [-0.39, 0.29) is 12.5 Å². The Morgan fingerprint density at radius 1 is 1.00 bits per heavy atom. The number of aliphatic hydroxyl groups excluding tert-OH is 1. The van der Waals surface area contributed by atoms with E-state index in [1.54, 1.807) is 0 Å². The first-order valence-corrected chi connectivity index (χ1v) is 13.2. The number of β-amino-alcohol motifs (C(OH)–C–C–N with tert-alkyl or cyclic N) is 1. The van der Waals surface area contributed by atoms with Gasteiger partial charge in [-0.1, -0.05) is 61.9 Å². The number of halogens is 1. The van der Waals surface area contributed by atoms with E-state index in [1.807, 2.05) is 46.0 Å². The van der Waals surface area contributed by atoms with Crippen molar-refractivity contribution in [3.8, 4) is 5.69 Å². The van der Waals surface area contributed by atoms with Gasteiger partial charge >= 0.3 is 0 Å². The summed E-state index contributed by atoms with van der Waals surface area (Å²) in [6.45, 7) is 8.02. The average Bonchev–Trinajstić information content (AvgIpc) is 3.12. The predicted molar refractivity (Wildman–Crippen MR) is 147 cm³/mol. The lowest BCUT2D eigenvalue weighted by Gasteiger charge is -2.22. The minimum atomic E-state index is 0.0691. The van der Waals surface area contributed by atoms with Gasteiger partial charge in [-0.05, 0) is 61.2 Å². The molecule has 3 aromatic rings. The lowest BCUT2D eigenvalue weighted by Crippen LogP contribution is -2.36. The summed E-state index contributed by atoms with van der Waals surface area (Å²) in [4.78, 5) is 17.9. The Morgan fingerprint density at radius 3 is 2.50 bits per heavy atom. The molecule has 0 atom stereocenters. The molecule has 1 aliphatic heterocycles. The quantitative estimate of drug-likeness (QED) is 0.438. The Bertz CT molecular complexity index is 1200. The highest BCUT2D eigenvalue weighted by molar-refractivity contribution is 6.30. The van der Waals surface area contributed by atoms with Crippen LogP contribution in [-0.2, 0) is 12.8 Å². The fourth-order valence-corrected chi connectivity index (χ4v) is 4.89. The van der Waals surface area contributed by atoms with Crippen molar-refractivity contribution in [2.75, 3.05) is 39.3 Å². The van der Waals surface area contributed by atoms with Gasteiger partial charge < -0.3 is 10.0 Å². The summed E-state index contributed by atoms with van der Waals surface area (Å²) in [6, 6.07) is 16.0. The van der Waals surface area contributed by atoms with Crippen LogP contribution in [0.2, 0.25) is 5.02 Å². The van der Waals surface area contributed by atoms with E-state index in [0.717, 1.165) is 64.8 Å². The van der Waals surface area contributed by atoms with Crippen molar-refractivity contribution in [3.05, 3.63) is 81.6 Å². The number of aliphatic hydroxyl groups is 1. The van der Waals surface area contributed by atoms with Gasteiger partial charge in [0.05, 0.1) is 29.2 Å². The first-order valence-electron chi connectivity index (χ1n) is 12.8. The zero-order chi connectivity index (χ0) is 25.5. The maximum Gasteiger partial charge on any atom is 0.257 e. The molecule has 190 valence electrons. The summed E-state index contributed by atoms with van der Waals surface area (Å²) in [6.07, 6.45) is 6.45. The number of amides is 1. The van der Waals surface area contributed by atoms with Crippen LogP contribution in [0.5, 0.6) is 0 Å². The number of aryl methyl sites for hydroxylation is 1. The first kappa shape index (κ1) is 26.1. The second-order valence-electron chi connectivity index (χ2n) is 9.08. The van der Waals surface area contributed by atoms with Gasteiger partial charge in [-0.15, -0.1) is 0 Å². The number of rotatable bonds is 8. The Hall–Kier alpha value is -2.93. The monoisotopic (exact) mass is 506 g/mol. The van der Waals surface area contributed by atoms with Crippen molar-refractivity contribution in [2.24, 2.45) is 0 Å². The summed E-state index contributed by atoms with van der Waals surface area (Å²) in [5.74, 6) is 0.0691. The summed E-state index contributed by atoms with van der Waals surface area (Å²) in [7, 11) is 0. The Labute approximate surface area is 218 Å². The van der Waals surface area contributed by atoms with Crippen molar-refractivity contribution in [1.29, 1.82) is 0 Å². The van der Waals surface area contributed by atoms with Gasteiger partial charge in [0.1, 0.15) is 0 Å². The molecule has 0 spiro atoms. The van der Waals surface area contributed by atoms with E-state index < -0.39 is 0 Å². The van der Waals surface area contributed by atoms with Gasteiger partial charge in [0.2, 0.25) is 0 Å². The summed E-state index contributed by atoms with van der Waals surface area (Å²) in [5, 5.41) is 14.9. The molecule has 2 aromatic carbocycles. The van der Waals surface area contributed by atoms with Crippen LogP contribution in [0.4, 0.5) is 0 Å². The second kappa shape index (κ2) is 12.3. The third-order valence-electron chi connectivity index (χ3n) is 6.68. The third-order valence-corrected chi connectivity index (χ3v) is 6.93. The largest absolute Gasteiger partial charge is 0.395 e. The summed E-state index contributed by atoms with van der Waals surface area (Å²) < 4.78 is 1.95. The van der Waals surface area contributed by atoms with Gasteiger partial charge in [-0.2, -0.15) is 5.10 Å². The molecule has 1 aromatic heterocycles. The molecule has 6 nitrogen and oxygen atoms in total. The maximum absolute atomic E-state index is 13.8. The van der Waals surface area contributed by atoms with Crippen molar-refractivity contribution in [2.45, 2.75) is 33.1 Å². The van der Waals surface area contributed by atoms with E-state index in [0.29, 0.717) is 25.9 Å². The molecule has 0 unspecified atom stereocenters. The Morgan fingerprint density at radius 2 is 1.78 bits per heavy atom. The van der Waals surface area contributed by atoms with Crippen LogP contribution in [0, 0.1) is 0 Å². The van der Waals surface area contributed by atoms with Crippen LogP contribution in [0.1, 0.15) is 53.1 Å². The molecule has 1 amide bonds. The van der Waals surface area contributed by atoms with Gasteiger partial charge in [-0.3, -0.25) is 9.69 Å². The Balaban J connectivity index is 1.62. The van der Waals surface area contributed by atoms with Gasteiger partial charge in [0.15, 0.2) is 0 Å². The van der Waals surface area contributed by atoms with Gasteiger partial charge in [0, 0.05) is 31.2 Å². The van der Waals surface area contributed by atoms with Crippen molar-refractivity contribution in [3.63, 3.8) is 0 Å². The van der Waals surface area contributed by atoms with E-state index in [2.05, 4.69) is 43.0 Å². The molecule has 36 heavy (non-hydrogen) atoms. The molecule has 1 aliphatic rings. The SMILES string of the molecule is CCc1nn(-c2cccc(/C=C/c3ccc(Cl)cc3)c2)c(CC)c1C(=O)N1CCCN(CCO)CC1. The van der Waals surface area contributed by atoms with Crippen molar-refractivity contribution < 1.29 is 9.90 Å². The van der Waals surface area contributed by atoms with Gasteiger partial charge in [-0.25, -0.2) is 4.68 Å². The summed E-state index contributed by atoms with van der Waals surface area (Å²) in [5.41, 5.74) is 5.63. The van der Waals surface area contributed by atoms with Crippen molar-refractivity contribution >= 4 is 29.7 Å². The molecular weight excluding hydrogens is 472 g/mol. The number of carbonyl (C=O) groups is 1. The average molecular weight is 507 g/mol. The van der Waals surface area contributed by atoms with Crippen LogP contribution in [-0.4, -0.2) is 69.9 Å². The molecule has 0 aliphatic carbocycles. The molecular formula is C29H35ClN4O2. The normalized spacial score (nSPS) is 14.9. The maximum atomic E-state index is 13.8. The first-order chi connectivity index (χ1) is 17.5. The number of benzene rings is 2. The van der Waals surface area contributed by atoms with Crippen LogP contribution in [0.3, 0.4) is 0 Å². The standard InChI is InChI=1S/C29H35ClN4O2/c1-3-26-28(29(36)33-16-6-15-32(17-18-33)19-20-35)27(4-2)34(31-26)25-8-5-7-23(21-25)10-9-22-11-13-24(30)14-12-22/h5,7-14,21,35H,3-4,6,15-20H2,1-2H3/b10-9+.